The molecule has 2 fully saturated rings. The van der Waals surface area contributed by atoms with E-state index in [2.05, 4.69) is 31.9 Å². The van der Waals surface area contributed by atoms with Crippen LogP contribution >= 0.6 is 15.9 Å². The minimum absolute atomic E-state index is 0.0139. The smallest absolute Gasteiger partial charge is 0.410 e. The largest absolute Gasteiger partial charge is 0.444 e. The van der Waals surface area contributed by atoms with Gasteiger partial charge < -0.3 is 20.7 Å². The molecule has 45 heavy (non-hydrogen) atoms. The Morgan fingerprint density at radius 2 is 1.47 bits per heavy atom. The van der Waals surface area contributed by atoms with Crippen molar-refractivity contribution >= 4 is 61.1 Å². The zero-order chi connectivity index (χ0) is 33.2. The molecular weight excluding hydrogens is 666 g/mol. The third-order valence-electron chi connectivity index (χ3n) is 7.53. The molecule has 2 aliphatic rings. The molecule has 244 valence electrons. The maximum absolute atomic E-state index is 13.9. The molecule has 3 N–H and O–H groups in total. The van der Waals surface area contributed by atoms with E-state index in [1.165, 1.54) is 36.9 Å². The van der Waals surface area contributed by atoms with E-state index in [0.717, 1.165) is 8.78 Å². The Labute approximate surface area is 272 Å². The molecular formula is C31H40BrN5O7S. The summed E-state index contributed by atoms with van der Waals surface area (Å²) in [5, 5.41) is 8.16. The molecule has 14 heteroatoms. The lowest BCUT2D eigenvalue weighted by molar-refractivity contribution is -0.132. The highest BCUT2D eigenvalue weighted by Crippen LogP contribution is 2.32. The van der Waals surface area contributed by atoms with Gasteiger partial charge in [0.25, 0.3) is 0 Å². The van der Waals surface area contributed by atoms with Gasteiger partial charge in [0, 0.05) is 23.2 Å². The van der Waals surface area contributed by atoms with Gasteiger partial charge in [-0.3, -0.25) is 19.3 Å². The summed E-state index contributed by atoms with van der Waals surface area (Å²) in [6.07, 6.45) is 1.25. The average Bonchev–Trinajstić information content (AvgIpc) is 3.64. The first kappa shape index (κ1) is 34.4. The fourth-order valence-electron chi connectivity index (χ4n) is 5.27. The van der Waals surface area contributed by atoms with E-state index in [1.54, 1.807) is 51.1 Å². The zero-order valence-corrected chi connectivity index (χ0v) is 28.5. The van der Waals surface area contributed by atoms with Crippen LogP contribution in [0, 0.1) is 0 Å². The normalized spacial score (nSPS) is 19.2. The molecule has 0 bridgehead atoms. The lowest BCUT2D eigenvalue weighted by Crippen LogP contribution is -2.57. The quantitative estimate of drug-likeness (QED) is 0.366. The summed E-state index contributed by atoms with van der Waals surface area (Å²) in [4.78, 5) is 53.8. The molecule has 2 atom stereocenters. The van der Waals surface area contributed by atoms with Crippen LogP contribution in [-0.2, 0) is 29.1 Å². The molecule has 2 aromatic rings. The molecule has 12 nitrogen and oxygen atoms in total. The van der Waals surface area contributed by atoms with E-state index in [4.69, 9.17) is 4.74 Å². The summed E-state index contributed by atoms with van der Waals surface area (Å²) >= 11 is 3.35. The van der Waals surface area contributed by atoms with Gasteiger partial charge in [0.05, 0.1) is 5.69 Å². The van der Waals surface area contributed by atoms with Crippen LogP contribution in [0.15, 0.2) is 57.9 Å². The number of likely N-dealkylation sites (tertiary alicyclic amines) is 1. The highest BCUT2D eigenvalue weighted by atomic mass is 79.9. The monoisotopic (exact) mass is 705 g/mol. The number of rotatable bonds is 8. The van der Waals surface area contributed by atoms with Crippen LogP contribution in [0.3, 0.4) is 0 Å². The van der Waals surface area contributed by atoms with E-state index >= 15 is 0 Å². The standard InChI is InChI=1S/C31H40BrN5O7S/c1-30(2,3)44-29(41)36-18-8-11-23(36)27(39)35-31(4,5)28(40)34-22-10-6-7-13-25(22)45(42,43)37-19-9-12-24(37)26(38)33-21-16-14-20(32)15-17-21/h6-7,10,13-17,23-24H,8-9,11-12,18-19H2,1-5H3,(H,33,38)(H,34,40)(H,35,39)/t23-,24+/m1/s1. The van der Waals surface area contributed by atoms with E-state index in [1.807, 2.05) is 0 Å². The van der Waals surface area contributed by atoms with Crippen LogP contribution in [-0.4, -0.2) is 77.8 Å². The van der Waals surface area contributed by atoms with Gasteiger partial charge in [-0.2, -0.15) is 4.31 Å². The van der Waals surface area contributed by atoms with Crippen LogP contribution in [0.1, 0.15) is 60.3 Å². The second-order valence-corrected chi connectivity index (χ2v) is 15.4. The third kappa shape index (κ3) is 8.22. The number of nitrogens with zero attached hydrogens (tertiary/aromatic N) is 2. The molecule has 0 aliphatic carbocycles. The highest BCUT2D eigenvalue weighted by Gasteiger charge is 2.42. The maximum Gasteiger partial charge on any atom is 0.410 e. The van der Waals surface area contributed by atoms with Crippen molar-refractivity contribution in [1.29, 1.82) is 0 Å². The van der Waals surface area contributed by atoms with Crippen LogP contribution in [0.5, 0.6) is 0 Å². The molecule has 2 heterocycles. The molecule has 0 aromatic heterocycles. The summed E-state index contributed by atoms with van der Waals surface area (Å²) in [7, 11) is -4.22. The first-order valence-corrected chi connectivity index (χ1v) is 17.0. The Morgan fingerprint density at radius 3 is 2.13 bits per heavy atom. The van der Waals surface area contributed by atoms with Crippen LogP contribution in [0.4, 0.5) is 16.2 Å². The van der Waals surface area contributed by atoms with E-state index in [0.29, 0.717) is 37.9 Å². The first-order valence-electron chi connectivity index (χ1n) is 14.8. The Hall–Kier alpha value is -3.49. The third-order valence-corrected chi connectivity index (χ3v) is 10.0. The molecule has 0 saturated carbocycles. The fraction of sp³-hybridized carbons (Fsp3) is 0.484. The van der Waals surface area contributed by atoms with Gasteiger partial charge >= 0.3 is 6.09 Å². The summed E-state index contributed by atoms with van der Waals surface area (Å²) in [6.45, 7) is 8.70. The zero-order valence-electron chi connectivity index (χ0n) is 26.1. The van der Waals surface area contributed by atoms with E-state index < -0.39 is 57.1 Å². The first-order chi connectivity index (χ1) is 21.0. The van der Waals surface area contributed by atoms with Crippen molar-refractivity contribution in [1.82, 2.24) is 14.5 Å². The van der Waals surface area contributed by atoms with Gasteiger partial charge in [-0.05, 0) is 96.7 Å². The van der Waals surface area contributed by atoms with Gasteiger partial charge in [-0.1, -0.05) is 28.1 Å². The predicted octanol–water partition coefficient (Wildman–Crippen LogP) is 4.47. The van der Waals surface area contributed by atoms with Gasteiger partial charge in [0.15, 0.2) is 0 Å². The number of ether oxygens (including phenoxy) is 1. The topological polar surface area (TPSA) is 154 Å². The Bertz CT molecular complexity index is 1560. The van der Waals surface area contributed by atoms with E-state index in [9.17, 15) is 27.6 Å². The molecule has 0 unspecified atom stereocenters. The molecule has 2 aromatic carbocycles. The molecule has 4 rings (SSSR count). The Morgan fingerprint density at radius 1 is 0.844 bits per heavy atom. The SMILES string of the molecule is CC(C)(C)OC(=O)N1CCC[C@@H]1C(=O)NC(C)(C)C(=O)Nc1ccccc1S(=O)(=O)N1CCC[C@H]1C(=O)Nc1ccc(Br)cc1. The number of halogens is 1. The molecule has 4 amide bonds. The van der Waals surface area contributed by atoms with Crippen LogP contribution < -0.4 is 16.0 Å². The second-order valence-electron chi connectivity index (χ2n) is 12.7. The maximum atomic E-state index is 13.9. The number of carbonyl (C=O) groups is 4. The molecule has 0 spiro atoms. The summed E-state index contributed by atoms with van der Waals surface area (Å²) in [5.74, 6) is -1.63. The number of hydrogen-bond donors (Lipinski definition) is 3. The summed E-state index contributed by atoms with van der Waals surface area (Å²) in [6, 6.07) is 11.2. The molecule has 2 saturated heterocycles. The number of amides is 4. The molecule has 2 aliphatic heterocycles. The molecule has 0 radical (unpaired) electrons. The van der Waals surface area contributed by atoms with Crippen molar-refractivity contribution in [3.05, 3.63) is 53.0 Å². The number of sulfonamides is 1. The Kier molecular flexibility index (Phi) is 10.3. The number of hydrogen-bond acceptors (Lipinski definition) is 7. The van der Waals surface area contributed by atoms with Crippen molar-refractivity contribution in [2.24, 2.45) is 0 Å². The van der Waals surface area contributed by atoms with Crippen LogP contribution in [0.2, 0.25) is 0 Å². The van der Waals surface area contributed by atoms with Crippen molar-refractivity contribution in [2.75, 3.05) is 23.7 Å². The highest BCUT2D eigenvalue weighted by molar-refractivity contribution is 9.10. The van der Waals surface area contributed by atoms with Crippen molar-refractivity contribution in [3.8, 4) is 0 Å². The van der Waals surface area contributed by atoms with Crippen molar-refractivity contribution in [3.63, 3.8) is 0 Å². The number of anilines is 2. The lowest BCUT2D eigenvalue weighted by Gasteiger charge is -2.31. The van der Waals surface area contributed by atoms with Gasteiger partial charge in [-0.15, -0.1) is 0 Å². The number of nitrogens with one attached hydrogen (secondary N) is 3. The van der Waals surface area contributed by atoms with Gasteiger partial charge in [0.1, 0.15) is 28.1 Å². The number of carbonyl (C=O) groups excluding carboxylic acids is 4. The summed E-state index contributed by atoms with van der Waals surface area (Å²) < 4.78 is 35.3. The minimum Gasteiger partial charge on any atom is -0.444 e. The van der Waals surface area contributed by atoms with Crippen molar-refractivity contribution < 1.29 is 32.3 Å². The predicted molar refractivity (Wildman–Crippen MR) is 173 cm³/mol. The average molecular weight is 707 g/mol. The lowest BCUT2D eigenvalue weighted by atomic mass is 10.0. The Balaban J connectivity index is 1.47. The number of benzene rings is 2. The van der Waals surface area contributed by atoms with Crippen LogP contribution in [0.25, 0.3) is 0 Å². The van der Waals surface area contributed by atoms with Crippen molar-refractivity contribution in [2.45, 2.75) is 88.4 Å². The second kappa shape index (κ2) is 13.5. The fourth-order valence-corrected chi connectivity index (χ4v) is 7.34. The minimum atomic E-state index is -4.22. The van der Waals surface area contributed by atoms with E-state index in [-0.39, 0.29) is 17.1 Å². The van der Waals surface area contributed by atoms with Gasteiger partial charge in [0.2, 0.25) is 27.7 Å². The van der Waals surface area contributed by atoms with Gasteiger partial charge in [-0.25, -0.2) is 13.2 Å². The number of para-hydroxylation sites is 1. The summed E-state index contributed by atoms with van der Waals surface area (Å²) in [5.41, 5.74) is -1.65.